The summed E-state index contributed by atoms with van der Waals surface area (Å²) in [6.07, 6.45) is 2.46. The Morgan fingerprint density at radius 2 is 1.87 bits per heavy atom. The third kappa shape index (κ3) is 3.87. The smallest absolute Gasteiger partial charge is 0.232 e. The molecule has 0 N–H and O–H groups in total. The summed E-state index contributed by atoms with van der Waals surface area (Å²) in [6, 6.07) is 8.56. The van der Waals surface area contributed by atoms with Crippen LogP contribution >= 0.6 is 11.8 Å². The molecule has 3 rings (SSSR count). The van der Waals surface area contributed by atoms with E-state index < -0.39 is 0 Å². The van der Waals surface area contributed by atoms with Gasteiger partial charge in [-0.15, -0.1) is 10.2 Å². The quantitative estimate of drug-likeness (QED) is 0.575. The number of aromatic nitrogens is 3. The van der Waals surface area contributed by atoms with Crippen LogP contribution in [0.4, 0.5) is 5.95 Å². The normalized spacial score (nSPS) is 14.6. The lowest BCUT2D eigenvalue weighted by Gasteiger charge is -2.18. The molecule has 1 aromatic heterocycles. The number of anilines is 1. The highest BCUT2D eigenvalue weighted by molar-refractivity contribution is 7.99. The molecule has 2 aromatic rings. The Balaban J connectivity index is 1.87. The van der Waals surface area contributed by atoms with Crippen molar-refractivity contribution in [3.8, 4) is 5.69 Å². The summed E-state index contributed by atoms with van der Waals surface area (Å²) in [7, 11) is 0. The van der Waals surface area contributed by atoms with Crippen LogP contribution in [0.25, 0.3) is 5.69 Å². The molecule has 0 amide bonds. The van der Waals surface area contributed by atoms with Crippen molar-refractivity contribution in [2.75, 3.05) is 37.0 Å². The monoisotopic (exact) mass is 332 g/mol. The fourth-order valence-electron chi connectivity index (χ4n) is 2.73. The van der Waals surface area contributed by atoms with E-state index in [0.717, 1.165) is 48.8 Å². The van der Waals surface area contributed by atoms with E-state index in [0.29, 0.717) is 0 Å². The standard InChI is InChI=1S/C17H24N4OS/c1-3-22-12-13-23-17-19-18-16(20-10-4-5-11-20)21(17)15-8-6-14(2)7-9-15/h6-9H,3-5,10-13H2,1-2H3. The summed E-state index contributed by atoms with van der Waals surface area (Å²) in [5.74, 6) is 1.85. The van der Waals surface area contributed by atoms with Gasteiger partial charge in [0.1, 0.15) is 0 Å². The molecule has 1 aliphatic rings. The first kappa shape index (κ1) is 16.3. The molecule has 6 heteroatoms. The van der Waals surface area contributed by atoms with Crippen molar-refractivity contribution in [2.45, 2.75) is 31.8 Å². The molecule has 0 radical (unpaired) electrons. The maximum absolute atomic E-state index is 5.43. The lowest BCUT2D eigenvalue weighted by molar-refractivity contribution is 0.164. The van der Waals surface area contributed by atoms with Crippen molar-refractivity contribution in [3.63, 3.8) is 0 Å². The first-order valence-corrected chi connectivity index (χ1v) is 9.26. The summed E-state index contributed by atoms with van der Waals surface area (Å²) in [4.78, 5) is 2.33. The fourth-order valence-corrected chi connectivity index (χ4v) is 3.53. The second kappa shape index (κ2) is 7.84. The minimum absolute atomic E-state index is 0.737. The third-order valence-electron chi connectivity index (χ3n) is 3.96. The van der Waals surface area contributed by atoms with Crippen LogP contribution in [0.15, 0.2) is 29.4 Å². The van der Waals surface area contributed by atoms with Crippen molar-refractivity contribution in [1.29, 1.82) is 0 Å². The number of hydrogen-bond acceptors (Lipinski definition) is 5. The van der Waals surface area contributed by atoms with E-state index in [9.17, 15) is 0 Å². The van der Waals surface area contributed by atoms with E-state index in [1.165, 1.54) is 18.4 Å². The maximum Gasteiger partial charge on any atom is 0.232 e. The number of rotatable bonds is 7. The fraction of sp³-hybridized carbons (Fsp3) is 0.529. The van der Waals surface area contributed by atoms with Crippen molar-refractivity contribution < 1.29 is 4.74 Å². The van der Waals surface area contributed by atoms with Gasteiger partial charge in [-0.2, -0.15) is 0 Å². The molecule has 2 heterocycles. The molecule has 1 aromatic carbocycles. The van der Waals surface area contributed by atoms with E-state index in [4.69, 9.17) is 4.74 Å². The Morgan fingerprint density at radius 1 is 1.13 bits per heavy atom. The van der Waals surface area contributed by atoms with Crippen molar-refractivity contribution in [1.82, 2.24) is 14.8 Å². The van der Waals surface area contributed by atoms with Gasteiger partial charge >= 0.3 is 0 Å². The first-order valence-electron chi connectivity index (χ1n) is 8.27. The number of thioether (sulfide) groups is 1. The minimum atomic E-state index is 0.737. The zero-order valence-corrected chi connectivity index (χ0v) is 14.7. The molecule has 124 valence electrons. The minimum Gasteiger partial charge on any atom is -0.381 e. The van der Waals surface area contributed by atoms with Gasteiger partial charge in [0.2, 0.25) is 5.95 Å². The highest BCUT2D eigenvalue weighted by Crippen LogP contribution is 2.28. The van der Waals surface area contributed by atoms with Crippen LogP contribution in [0.1, 0.15) is 25.3 Å². The van der Waals surface area contributed by atoms with Gasteiger partial charge in [-0.05, 0) is 38.8 Å². The average Bonchev–Trinajstić information content (AvgIpc) is 3.21. The molecule has 23 heavy (non-hydrogen) atoms. The Hall–Kier alpha value is -1.53. The molecular weight excluding hydrogens is 308 g/mol. The van der Waals surface area contributed by atoms with Crippen LogP contribution in [-0.4, -0.2) is 46.8 Å². The molecule has 0 bridgehead atoms. The van der Waals surface area contributed by atoms with Crippen LogP contribution in [0.5, 0.6) is 0 Å². The zero-order chi connectivity index (χ0) is 16.1. The lowest BCUT2D eigenvalue weighted by Crippen LogP contribution is -2.22. The molecule has 0 spiro atoms. The predicted octanol–water partition coefficient (Wildman–Crippen LogP) is 3.30. The third-order valence-corrected chi connectivity index (χ3v) is 4.85. The summed E-state index contributed by atoms with van der Waals surface area (Å²) in [6.45, 7) is 7.74. The second-order valence-corrected chi connectivity index (χ2v) is 6.76. The lowest BCUT2D eigenvalue weighted by atomic mass is 10.2. The second-order valence-electron chi connectivity index (χ2n) is 5.69. The van der Waals surface area contributed by atoms with Gasteiger partial charge in [-0.25, -0.2) is 0 Å². The van der Waals surface area contributed by atoms with Crippen LogP contribution in [-0.2, 0) is 4.74 Å². The van der Waals surface area contributed by atoms with E-state index in [2.05, 4.69) is 50.9 Å². The molecular formula is C17H24N4OS. The molecule has 0 atom stereocenters. The Labute approximate surface area is 142 Å². The summed E-state index contributed by atoms with van der Waals surface area (Å²) < 4.78 is 7.62. The predicted molar refractivity (Wildman–Crippen MR) is 94.8 cm³/mol. The van der Waals surface area contributed by atoms with E-state index in [1.54, 1.807) is 11.8 Å². The average molecular weight is 332 g/mol. The van der Waals surface area contributed by atoms with E-state index in [1.807, 2.05) is 6.92 Å². The highest BCUT2D eigenvalue weighted by Gasteiger charge is 2.22. The van der Waals surface area contributed by atoms with Gasteiger partial charge in [0.05, 0.1) is 12.3 Å². The molecule has 5 nitrogen and oxygen atoms in total. The van der Waals surface area contributed by atoms with Crippen LogP contribution < -0.4 is 4.90 Å². The zero-order valence-electron chi connectivity index (χ0n) is 13.9. The molecule has 0 saturated carbocycles. The van der Waals surface area contributed by atoms with Gasteiger partial charge in [0.25, 0.3) is 0 Å². The molecule has 0 unspecified atom stereocenters. The maximum atomic E-state index is 5.43. The summed E-state index contributed by atoms with van der Waals surface area (Å²) in [5, 5.41) is 9.85. The number of hydrogen-bond donors (Lipinski definition) is 0. The van der Waals surface area contributed by atoms with Gasteiger partial charge in [0, 0.05) is 25.4 Å². The Bertz CT molecular complexity index is 620. The number of benzene rings is 1. The van der Waals surface area contributed by atoms with E-state index in [-0.39, 0.29) is 0 Å². The molecule has 0 aliphatic carbocycles. The number of aryl methyl sites for hydroxylation is 1. The molecule has 1 saturated heterocycles. The summed E-state index contributed by atoms with van der Waals surface area (Å²) in [5.41, 5.74) is 2.39. The van der Waals surface area contributed by atoms with Crippen LogP contribution in [0, 0.1) is 6.92 Å². The van der Waals surface area contributed by atoms with Crippen molar-refractivity contribution in [2.24, 2.45) is 0 Å². The summed E-state index contributed by atoms with van der Waals surface area (Å²) >= 11 is 1.70. The molecule has 1 fully saturated rings. The Kier molecular flexibility index (Phi) is 5.56. The van der Waals surface area contributed by atoms with Gasteiger partial charge < -0.3 is 9.64 Å². The molecule has 1 aliphatic heterocycles. The van der Waals surface area contributed by atoms with Gasteiger partial charge in [-0.1, -0.05) is 29.5 Å². The van der Waals surface area contributed by atoms with Crippen molar-refractivity contribution in [3.05, 3.63) is 29.8 Å². The first-order chi connectivity index (χ1) is 11.3. The van der Waals surface area contributed by atoms with Crippen molar-refractivity contribution >= 4 is 17.7 Å². The van der Waals surface area contributed by atoms with Crippen LogP contribution in [0.2, 0.25) is 0 Å². The van der Waals surface area contributed by atoms with E-state index >= 15 is 0 Å². The van der Waals surface area contributed by atoms with Crippen LogP contribution in [0.3, 0.4) is 0 Å². The SMILES string of the molecule is CCOCCSc1nnc(N2CCCC2)n1-c1ccc(C)cc1. The topological polar surface area (TPSA) is 43.2 Å². The van der Waals surface area contributed by atoms with Gasteiger partial charge in [0.15, 0.2) is 5.16 Å². The van der Waals surface area contributed by atoms with Gasteiger partial charge in [-0.3, -0.25) is 4.57 Å². The highest BCUT2D eigenvalue weighted by atomic mass is 32.2. The largest absolute Gasteiger partial charge is 0.381 e. The number of nitrogens with zero attached hydrogens (tertiary/aromatic N) is 4. The number of ether oxygens (including phenoxy) is 1. The Morgan fingerprint density at radius 3 is 2.57 bits per heavy atom.